The van der Waals surface area contributed by atoms with Gasteiger partial charge in [0.05, 0.1) is 41.1 Å². The molecule has 0 bridgehead atoms. The quantitative estimate of drug-likeness (QED) is 0.592. The van der Waals surface area contributed by atoms with Crippen molar-refractivity contribution in [2.24, 2.45) is 0 Å². The Morgan fingerprint density at radius 2 is 1.29 bits per heavy atom. The Bertz CT molecular complexity index is 1030. The van der Waals surface area contributed by atoms with E-state index in [9.17, 15) is 4.79 Å². The van der Waals surface area contributed by atoms with E-state index in [2.05, 4.69) is 0 Å². The first-order valence-electron chi connectivity index (χ1n) is 8.56. The number of methoxy groups -OCH3 is 5. The molecule has 0 amide bonds. The van der Waals surface area contributed by atoms with Gasteiger partial charge in [-0.1, -0.05) is 6.07 Å². The van der Waals surface area contributed by atoms with Crippen molar-refractivity contribution in [2.75, 3.05) is 35.5 Å². The van der Waals surface area contributed by atoms with Gasteiger partial charge in [-0.15, -0.1) is 0 Å². The van der Waals surface area contributed by atoms with Crippen LogP contribution in [0.3, 0.4) is 0 Å². The molecule has 0 fully saturated rings. The highest BCUT2D eigenvalue weighted by Crippen LogP contribution is 2.40. The first kappa shape index (κ1) is 19.4. The van der Waals surface area contributed by atoms with Crippen LogP contribution in [-0.2, 0) is 4.74 Å². The molecule has 0 heterocycles. The summed E-state index contributed by atoms with van der Waals surface area (Å²) in [6.07, 6.45) is 0. The minimum atomic E-state index is -0.418. The van der Waals surface area contributed by atoms with E-state index in [0.717, 1.165) is 21.9 Å². The number of carbonyl (C=O) groups excluding carboxylic acids is 1. The zero-order valence-electron chi connectivity index (χ0n) is 16.5. The average Bonchev–Trinajstić information content (AvgIpc) is 2.75. The molecule has 0 aromatic heterocycles. The van der Waals surface area contributed by atoms with Crippen LogP contribution in [0.25, 0.3) is 21.9 Å². The van der Waals surface area contributed by atoms with Crippen LogP contribution in [0, 0.1) is 0 Å². The second kappa shape index (κ2) is 8.08. The van der Waals surface area contributed by atoms with Crippen molar-refractivity contribution in [1.29, 1.82) is 0 Å². The van der Waals surface area contributed by atoms with Crippen molar-refractivity contribution in [3.05, 3.63) is 48.0 Å². The summed E-state index contributed by atoms with van der Waals surface area (Å²) in [6, 6.07) is 12.9. The third kappa shape index (κ3) is 3.41. The molecule has 0 radical (unpaired) electrons. The Morgan fingerprint density at radius 3 is 1.89 bits per heavy atom. The molecule has 0 aliphatic carbocycles. The highest BCUT2D eigenvalue weighted by atomic mass is 16.5. The summed E-state index contributed by atoms with van der Waals surface area (Å²) in [5.74, 6) is 1.98. The summed E-state index contributed by atoms with van der Waals surface area (Å²) in [5, 5.41) is 1.72. The van der Waals surface area contributed by atoms with Crippen LogP contribution in [0.4, 0.5) is 0 Å². The number of carbonyl (C=O) groups is 1. The lowest BCUT2D eigenvalue weighted by molar-refractivity contribution is 0.0601. The van der Waals surface area contributed by atoms with Crippen molar-refractivity contribution in [2.45, 2.75) is 0 Å². The van der Waals surface area contributed by atoms with Crippen LogP contribution < -0.4 is 18.9 Å². The zero-order chi connectivity index (χ0) is 20.3. The number of ether oxygens (including phenoxy) is 5. The fourth-order valence-electron chi connectivity index (χ4n) is 3.17. The molecule has 0 N–H and O–H groups in total. The number of fused-ring (bicyclic) bond motifs is 1. The molecule has 3 aromatic carbocycles. The van der Waals surface area contributed by atoms with Gasteiger partial charge in [0.15, 0.2) is 23.0 Å². The molecule has 0 unspecified atom stereocenters. The maximum absolute atomic E-state index is 12.2. The monoisotopic (exact) mass is 382 g/mol. The van der Waals surface area contributed by atoms with E-state index in [1.165, 1.54) is 7.11 Å². The van der Waals surface area contributed by atoms with Gasteiger partial charge in [-0.3, -0.25) is 0 Å². The molecule has 0 saturated heterocycles. The van der Waals surface area contributed by atoms with Crippen molar-refractivity contribution in [3.8, 4) is 34.1 Å². The number of benzene rings is 3. The van der Waals surface area contributed by atoms with E-state index in [-0.39, 0.29) is 0 Å². The third-order valence-electron chi connectivity index (χ3n) is 4.57. The maximum Gasteiger partial charge on any atom is 0.337 e. The molecule has 3 aromatic rings. The van der Waals surface area contributed by atoms with Crippen molar-refractivity contribution in [1.82, 2.24) is 0 Å². The number of hydrogen-bond donors (Lipinski definition) is 0. The smallest absolute Gasteiger partial charge is 0.337 e. The van der Waals surface area contributed by atoms with Gasteiger partial charge in [0.2, 0.25) is 0 Å². The third-order valence-corrected chi connectivity index (χ3v) is 4.57. The summed E-state index contributed by atoms with van der Waals surface area (Å²) in [6.45, 7) is 0. The van der Waals surface area contributed by atoms with Crippen LogP contribution >= 0.6 is 0 Å². The Balaban J connectivity index is 2.34. The lowest BCUT2D eigenvalue weighted by Crippen LogP contribution is -2.02. The Hall–Kier alpha value is -3.41. The topological polar surface area (TPSA) is 63.2 Å². The van der Waals surface area contributed by atoms with Gasteiger partial charge in [-0.05, 0) is 58.3 Å². The van der Waals surface area contributed by atoms with Gasteiger partial charge in [0.1, 0.15) is 0 Å². The number of hydrogen-bond acceptors (Lipinski definition) is 6. The van der Waals surface area contributed by atoms with E-state index >= 15 is 0 Å². The molecule has 3 rings (SSSR count). The number of rotatable bonds is 6. The Morgan fingerprint density at radius 1 is 0.679 bits per heavy atom. The lowest BCUT2D eigenvalue weighted by Gasteiger charge is -2.15. The molecule has 0 spiro atoms. The van der Waals surface area contributed by atoms with Gasteiger partial charge >= 0.3 is 5.97 Å². The summed E-state index contributed by atoms with van der Waals surface area (Å²) in [5.41, 5.74) is 2.13. The molecular weight excluding hydrogens is 360 g/mol. The van der Waals surface area contributed by atoms with Gasteiger partial charge in [-0.25, -0.2) is 4.79 Å². The van der Waals surface area contributed by atoms with Crippen LogP contribution in [0.15, 0.2) is 42.5 Å². The maximum atomic E-state index is 12.2. The molecule has 28 heavy (non-hydrogen) atoms. The van der Waals surface area contributed by atoms with Crippen molar-refractivity contribution < 1.29 is 28.5 Å². The second-order valence-electron chi connectivity index (χ2n) is 6.01. The fourth-order valence-corrected chi connectivity index (χ4v) is 3.17. The zero-order valence-corrected chi connectivity index (χ0v) is 16.5. The van der Waals surface area contributed by atoms with E-state index < -0.39 is 5.97 Å². The van der Waals surface area contributed by atoms with Gasteiger partial charge < -0.3 is 23.7 Å². The normalized spacial score (nSPS) is 10.5. The SMILES string of the molecule is COC(=O)c1cc(-c2ccc(OC)c(OC)c2)c2cc(OC)c(OC)cc2c1. The lowest BCUT2D eigenvalue weighted by atomic mass is 9.94. The van der Waals surface area contributed by atoms with Crippen LogP contribution in [0.1, 0.15) is 10.4 Å². The summed E-state index contributed by atoms with van der Waals surface area (Å²) >= 11 is 0. The minimum absolute atomic E-state index is 0.418. The Kier molecular flexibility index (Phi) is 5.59. The van der Waals surface area contributed by atoms with E-state index in [1.807, 2.05) is 30.3 Å². The van der Waals surface area contributed by atoms with E-state index in [1.54, 1.807) is 40.6 Å². The van der Waals surface area contributed by atoms with Crippen molar-refractivity contribution in [3.63, 3.8) is 0 Å². The molecule has 6 heteroatoms. The first-order chi connectivity index (χ1) is 13.6. The predicted molar refractivity (Wildman–Crippen MR) is 107 cm³/mol. The van der Waals surface area contributed by atoms with E-state index in [0.29, 0.717) is 28.6 Å². The van der Waals surface area contributed by atoms with Crippen LogP contribution in [0.5, 0.6) is 23.0 Å². The minimum Gasteiger partial charge on any atom is -0.493 e. The summed E-state index contributed by atoms with van der Waals surface area (Å²) < 4.78 is 26.5. The van der Waals surface area contributed by atoms with Crippen LogP contribution in [-0.4, -0.2) is 41.5 Å². The van der Waals surface area contributed by atoms with Crippen LogP contribution in [0.2, 0.25) is 0 Å². The molecule has 146 valence electrons. The summed E-state index contributed by atoms with van der Waals surface area (Å²) in [4.78, 5) is 12.2. The van der Waals surface area contributed by atoms with Gasteiger partial charge in [-0.2, -0.15) is 0 Å². The standard InChI is InChI=1S/C22H22O6/c1-24-18-7-6-13(10-19(18)25-2)16-9-15(22(23)28-5)8-14-11-20(26-3)21(27-4)12-17(14)16/h6-12H,1-5H3. The molecular formula is C22H22O6. The average molecular weight is 382 g/mol. The van der Waals surface area contributed by atoms with E-state index in [4.69, 9.17) is 23.7 Å². The highest BCUT2D eigenvalue weighted by Gasteiger charge is 2.16. The van der Waals surface area contributed by atoms with Gasteiger partial charge in [0.25, 0.3) is 0 Å². The molecule has 0 atom stereocenters. The highest BCUT2D eigenvalue weighted by molar-refractivity contribution is 6.04. The predicted octanol–water partition coefficient (Wildman–Crippen LogP) is 4.33. The molecule has 0 aliphatic rings. The van der Waals surface area contributed by atoms with Crippen molar-refractivity contribution >= 4 is 16.7 Å². The first-order valence-corrected chi connectivity index (χ1v) is 8.56. The van der Waals surface area contributed by atoms with Gasteiger partial charge in [0, 0.05) is 0 Å². The number of esters is 1. The molecule has 0 aliphatic heterocycles. The Labute approximate surface area is 163 Å². The largest absolute Gasteiger partial charge is 0.493 e. The summed E-state index contributed by atoms with van der Waals surface area (Å²) in [7, 11) is 7.68. The molecule has 0 saturated carbocycles. The second-order valence-corrected chi connectivity index (χ2v) is 6.01. The fraction of sp³-hybridized carbons (Fsp3) is 0.227. The molecule has 6 nitrogen and oxygen atoms in total.